The van der Waals surface area contributed by atoms with Crippen molar-refractivity contribution in [2.45, 2.75) is 12.8 Å². The van der Waals surface area contributed by atoms with E-state index in [1.807, 2.05) is 30.3 Å². The van der Waals surface area contributed by atoms with Gasteiger partial charge in [-0.2, -0.15) is 0 Å². The molecule has 2 heterocycles. The van der Waals surface area contributed by atoms with Gasteiger partial charge in [0.2, 0.25) is 11.8 Å². The van der Waals surface area contributed by atoms with Crippen molar-refractivity contribution >= 4 is 46.4 Å². The van der Waals surface area contributed by atoms with Gasteiger partial charge < -0.3 is 10.1 Å². The molecule has 1 aliphatic rings. The number of ether oxygens (including phenoxy) is 1. The van der Waals surface area contributed by atoms with Crippen LogP contribution in [0.2, 0.25) is 0 Å². The number of benzene rings is 2. The zero-order valence-electron chi connectivity index (χ0n) is 16.6. The highest BCUT2D eigenvalue weighted by Gasteiger charge is 2.30. The lowest BCUT2D eigenvalue weighted by molar-refractivity contribution is -0.121. The van der Waals surface area contributed by atoms with Gasteiger partial charge in [0.05, 0.1) is 18.5 Å². The van der Waals surface area contributed by atoms with Crippen LogP contribution < -0.4 is 10.2 Å². The number of hydrogen-bond donors (Lipinski definition) is 1. The minimum absolute atomic E-state index is 0.162. The third-order valence-electron chi connectivity index (χ3n) is 4.83. The van der Waals surface area contributed by atoms with Crippen LogP contribution in [0.25, 0.3) is 10.4 Å². The summed E-state index contributed by atoms with van der Waals surface area (Å²) in [5.74, 6) is -1.60. The number of nitrogens with zero attached hydrogens (tertiary/aromatic N) is 1. The van der Waals surface area contributed by atoms with Gasteiger partial charge in [0.15, 0.2) is 0 Å². The highest BCUT2D eigenvalue weighted by Crippen LogP contribution is 2.35. The van der Waals surface area contributed by atoms with Crippen LogP contribution in [-0.4, -0.2) is 30.8 Å². The van der Waals surface area contributed by atoms with E-state index in [9.17, 15) is 19.2 Å². The monoisotopic (exact) mass is 434 g/mol. The number of anilines is 2. The second-order valence-corrected chi connectivity index (χ2v) is 7.89. The van der Waals surface area contributed by atoms with Crippen LogP contribution >= 0.6 is 11.3 Å². The Bertz CT molecular complexity index is 1170. The maximum Gasteiger partial charge on any atom is 0.350 e. The first kappa shape index (κ1) is 20.5. The molecule has 8 heteroatoms. The average molecular weight is 434 g/mol. The summed E-state index contributed by atoms with van der Waals surface area (Å²) in [6.45, 7) is 0. The van der Waals surface area contributed by atoms with E-state index in [0.717, 1.165) is 15.3 Å². The first-order valence-electron chi connectivity index (χ1n) is 9.52. The van der Waals surface area contributed by atoms with E-state index >= 15 is 0 Å². The van der Waals surface area contributed by atoms with E-state index < -0.39 is 11.9 Å². The Morgan fingerprint density at radius 3 is 2.35 bits per heavy atom. The molecular weight excluding hydrogens is 416 g/mol. The van der Waals surface area contributed by atoms with Gasteiger partial charge >= 0.3 is 5.97 Å². The summed E-state index contributed by atoms with van der Waals surface area (Å²) in [5.41, 5.74) is 1.85. The van der Waals surface area contributed by atoms with Crippen molar-refractivity contribution in [3.05, 3.63) is 71.1 Å². The molecule has 0 spiro atoms. The summed E-state index contributed by atoms with van der Waals surface area (Å²) >= 11 is 1.22. The number of rotatable bonds is 5. The predicted molar refractivity (Wildman–Crippen MR) is 117 cm³/mol. The van der Waals surface area contributed by atoms with Crippen molar-refractivity contribution in [3.63, 3.8) is 0 Å². The fourth-order valence-electron chi connectivity index (χ4n) is 3.32. The molecule has 0 bridgehead atoms. The molecule has 31 heavy (non-hydrogen) atoms. The van der Waals surface area contributed by atoms with Gasteiger partial charge in [0, 0.05) is 23.3 Å². The van der Waals surface area contributed by atoms with Crippen molar-refractivity contribution in [2.24, 2.45) is 0 Å². The topological polar surface area (TPSA) is 92.8 Å². The van der Waals surface area contributed by atoms with E-state index in [2.05, 4.69) is 5.32 Å². The quantitative estimate of drug-likeness (QED) is 0.482. The average Bonchev–Trinajstić information content (AvgIpc) is 3.36. The van der Waals surface area contributed by atoms with Crippen molar-refractivity contribution in [2.75, 3.05) is 17.3 Å². The largest absolute Gasteiger partial charge is 0.465 e. The van der Waals surface area contributed by atoms with Crippen LogP contribution in [0.3, 0.4) is 0 Å². The van der Waals surface area contributed by atoms with Crippen LogP contribution in [-0.2, 0) is 14.3 Å². The number of nitrogens with one attached hydrogen (secondary N) is 1. The molecule has 1 N–H and O–H groups in total. The van der Waals surface area contributed by atoms with Crippen LogP contribution in [0.4, 0.5) is 11.4 Å². The van der Waals surface area contributed by atoms with E-state index in [-0.39, 0.29) is 35.1 Å². The van der Waals surface area contributed by atoms with E-state index in [1.54, 1.807) is 24.3 Å². The van der Waals surface area contributed by atoms with Crippen molar-refractivity contribution in [1.29, 1.82) is 0 Å². The molecule has 1 saturated heterocycles. The summed E-state index contributed by atoms with van der Waals surface area (Å²) in [6, 6.07) is 17.5. The number of carbonyl (C=O) groups excluding carboxylic acids is 4. The van der Waals surface area contributed by atoms with Crippen LogP contribution in [0, 0.1) is 0 Å². The molecule has 0 unspecified atom stereocenters. The smallest absolute Gasteiger partial charge is 0.350 e. The predicted octanol–water partition coefficient (Wildman–Crippen LogP) is 4.11. The molecule has 0 saturated carbocycles. The first-order chi connectivity index (χ1) is 15.0. The van der Waals surface area contributed by atoms with Crippen LogP contribution in [0.15, 0.2) is 60.7 Å². The fourth-order valence-corrected chi connectivity index (χ4v) is 4.36. The zero-order chi connectivity index (χ0) is 22.0. The lowest BCUT2D eigenvalue weighted by Gasteiger charge is -2.14. The SMILES string of the molecule is COC(=O)c1sc(-c2ccccc2)cc1NC(=O)c1cccc(N2C(=O)CCC2=O)c1. The number of carbonyl (C=O) groups is 4. The van der Waals surface area contributed by atoms with Crippen LogP contribution in [0.1, 0.15) is 32.9 Å². The summed E-state index contributed by atoms with van der Waals surface area (Å²) in [6.07, 6.45) is 0.323. The molecule has 1 fully saturated rings. The second kappa shape index (κ2) is 8.53. The molecule has 0 atom stereocenters. The molecule has 0 radical (unpaired) electrons. The maximum atomic E-state index is 12.9. The fraction of sp³-hybridized carbons (Fsp3) is 0.130. The van der Waals surface area contributed by atoms with Gasteiger partial charge in [-0.25, -0.2) is 4.79 Å². The Hall–Kier alpha value is -3.78. The molecule has 0 aliphatic carbocycles. The minimum Gasteiger partial charge on any atom is -0.465 e. The number of esters is 1. The van der Waals surface area contributed by atoms with Gasteiger partial charge in [-0.3, -0.25) is 19.3 Å². The zero-order valence-corrected chi connectivity index (χ0v) is 17.4. The van der Waals surface area contributed by atoms with Crippen molar-refractivity contribution in [1.82, 2.24) is 0 Å². The molecular formula is C23H18N2O5S. The highest BCUT2D eigenvalue weighted by atomic mass is 32.1. The summed E-state index contributed by atoms with van der Waals surface area (Å²) in [7, 11) is 1.28. The number of amides is 3. The highest BCUT2D eigenvalue weighted by molar-refractivity contribution is 7.18. The second-order valence-electron chi connectivity index (χ2n) is 6.84. The third kappa shape index (κ3) is 4.10. The van der Waals surface area contributed by atoms with Gasteiger partial charge in [-0.15, -0.1) is 11.3 Å². The molecule has 1 aromatic heterocycles. The lowest BCUT2D eigenvalue weighted by atomic mass is 10.1. The normalized spacial score (nSPS) is 13.4. The number of methoxy groups -OCH3 is 1. The molecule has 4 rings (SSSR count). The minimum atomic E-state index is -0.551. The van der Waals surface area contributed by atoms with E-state index in [0.29, 0.717) is 11.4 Å². The molecule has 7 nitrogen and oxygen atoms in total. The Morgan fingerprint density at radius 1 is 0.968 bits per heavy atom. The first-order valence-corrected chi connectivity index (χ1v) is 10.3. The number of thiophene rings is 1. The Balaban J connectivity index is 1.63. The molecule has 156 valence electrons. The van der Waals surface area contributed by atoms with Gasteiger partial charge in [0.1, 0.15) is 4.88 Å². The van der Waals surface area contributed by atoms with Gasteiger partial charge in [-0.05, 0) is 29.8 Å². The molecule has 2 aromatic carbocycles. The number of hydrogen-bond acceptors (Lipinski definition) is 6. The molecule has 3 aromatic rings. The van der Waals surface area contributed by atoms with Gasteiger partial charge in [-0.1, -0.05) is 36.4 Å². The summed E-state index contributed by atoms with van der Waals surface area (Å²) in [4.78, 5) is 51.3. The van der Waals surface area contributed by atoms with Crippen molar-refractivity contribution in [3.8, 4) is 10.4 Å². The Kier molecular flexibility index (Phi) is 5.64. The van der Waals surface area contributed by atoms with E-state index in [1.165, 1.54) is 24.5 Å². The number of imide groups is 1. The maximum absolute atomic E-state index is 12.9. The third-order valence-corrected chi connectivity index (χ3v) is 5.99. The van der Waals surface area contributed by atoms with Gasteiger partial charge in [0.25, 0.3) is 5.91 Å². The molecule has 3 amide bonds. The summed E-state index contributed by atoms with van der Waals surface area (Å²) in [5, 5.41) is 2.75. The lowest BCUT2D eigenvalue weighted by Crippen LogP contribution is -2.28. The Labute approximate surface area is 182 Å². The summed E-state index contributed by atoms with van der Waals surface area (Å²) < 4.78 is 4.86. The van der Waals surface area contributed by atoms with Crippen LogP contribution in [0.5, 0.6) is 0 Å². The Morgan fingerprint density at radius 2 is 1.68 bits per heavy atom. The van der Waals surface area contributed by atoms with Crippen molar-refractivity contribution < 1.29 is 23.9 Å². The standard InChI is InChI=1S/C23H18N2O5S/c1-30-23(29)21-17(13-18(31-21)14-6-3-2-4-7-14)24-22(28)15-8-5-9-16(12-15)25-19(26)10-11-20(25)27/h2-9,12-13H,10-11H2,1H3,(H,24,28). The molecule has 1 aliphatic heterocycles. The van der Waals surface area contributed by atoms with E-state index in [4.69, 9.17) is 4.74 Å².